The quantitative estimate of drug-likeness (QED) is 0.390. The lowest BCUT2D eigenvalue weighted by Gasteiger charge is -1.07. The van der Waals surface area contributed by atoms with Gasteiger partial charge < -0.3 is 0 Å². The highest BCUT2D eigenvalue weighted by Gasteiger charge is 0.948. The standard InChI is InChI=1S/9C2H6.C2H4/c10*1-2/h9*1-2H3;1-2H2. The summed E-state index contributed by atoms with van der Waals surface area (Å²) in [5, 5.41) is 0. The predicted molar refractivity (Wildman–Crippen MR) is 113 cm³/mol. The molecular formula is C20H58. The Morgan fingerprint density at radius 2 is 0.200 bits per heavy atom. The van der Waals surface area contributed by atoms with Gasteiger partial charge in [0.25, 0.3) is 0 Å². The maximum atomic E-state index is 3.00. The zero-order chi connectivity index (χ0) is 20.0. The fourth-order valence-corrected chi connectivity index (χ4v) is 0. The van der Waals surface area contributed by atoms with Gasteiger partial charge in [0.05, 0.1) is 0 Å². The highest BCUT2D eigenvalue weighted by molar-refractivity contribution is 4.22. The first-order chi connectivity index (χ1) is 10.0. The molecule has 0 radical (unpaired) electrons. The molecule has 0 spiro atoms. The Morgan fingerprint density at radius 1 is 0.200 bits per heavy atom. The Hall–Kier alpha value is -0.260. The van der Waals surface area contributed by atoms with Crippen molar-refractivity contribution in [2.24, 2.45) is 0 Å². The van der Waals surface area contributed by atoms with Crippen molar-refractivity contribution in [3.63, 3.8) is 0 Å². The van der Waals surface area contributed by atoms with Crippen LogP contribution in [0.2, 0.25) is 0 Å². The third-order valence-corrected chi connectivity index (χ3v) is 0. The van der Waals surface area contributed by atoms with E-state index in [1.807, 2.05) is 125 Å². The van der Waals surface area contributed by atoms with Gasteiger partial charge in [0.1, 0.15) is 0 Å². The van der Waals surface area contributed by atoms with Gasteiger partial charge in [-0.1, -0.05) is 125 Å². The third-order valence-electron chi connectivity index (χ3n) is 0. The maximum absolute atomic E-state index is 3.00. The Labute approximate surface area is 138 Å². The summed E-state index contributed by atoms with van der Waals surface area (Å²) in [5.74, 6) is 0. The lowest BCUT2D eigenvalue weighted by atomic mass is 11.0. The minimum Gasteiger partial charge on any atom is -0.106 e. The van der Waals surface area contributed by atoms with E-state index in [1.54, 1.807) is 0 Å². The summed E-state index contributed by atoms with van der Waals surface area (Å²) in [6, 6.07) is 0. The molecule has 0 atom stereocenters. The molecule has 0 aliphatic carbocycles. The van der Waals surface area contributed by atoms with Crippen LogP contribution < -0.4 is 0 Å². The molecular weight excluding hydrogens is 240 g/mol. The fraction of sp³-hybridized carbons (Fsp3) is 0.900. The first kappa shape index (κ1) is 73.1. The molecule has 138 valence electrons. The molecule has 20 heavy (non-hydrogen) atoms. The topological polar surface area (TPSA) is 0 Å². The molecule has 0 unspecified atom stereocenters. The summed E-state index contributed by atoms with van der Waals surface area (Å²) >= 11 is 0. The predicted octanol–water partition coefficient (Wildman–Crippen LogP) is 10.0. The van der Waals surface area contributed by atoms with Gasteiger partial charge in [0.2, 0.25) is 0 Å². The second kappa shape index (κ2) is 87200. The lowest BCUT2D eigenvalue weighted by molar-refractivity contribution is 1.50. The zero-order valence-corrected chi connectivity index (χ0v) is 19.4. The molecule has 0 aromatic heterocycles. The zero-order valence-electron chi connectivity index (χ0n) is 19.4. The molecule has 0 N–H and O–H groups in total. The van der Waals surface area contributed by atoms with Crippen LogP contribution >= 0.6 is 0 Å². The van der Waals surface area contributed by atoms with Gasteiger partial charge in [-0.05, 0) is 0 Å². The average molecular weight is 299 g/mol. The Kier molecular flexibility index (Phi) is 319000. The van der Waals surface area contributed by atoms with Crippen LogP contribution in [0.25, 0.3) is 0 Å². The molecule has 0 saturated heterocycles. The summed E-state index contributed by atoms with van der Waals surface area (Å²) < 4.78 is 0. The van der Waals surface area contributed by atoms with Crippen LogP contribution in [0, 0.1) is 0 Å². The molecule has 0 bridgehead atoms. The molecule has 0 aromatic carbocycles. The maximum Gasteiger partial charge on any atom is -0.0683 e. The Bertz CT molecular complexity index is 0. The minimum absolute atomic E-state index is 2.00. The van der Waals surface area contributed by atoms with Gasteiger partial charge in [-0.3, -0.25) is 0 Å². The third kappa shape index (κ3) is 73500. The normalized spacial score (nSPS) is 2.90. The Morgan fingerprint density at radius 3 is 0.200 bits per heavy atom. The molecule has 0 rings (SSSR count). The van der Waals surface area contributed by atoms with E-state index >= 15 is 0 Å². The van der Waals surface area contributed by atoms with Crippen molar-refractivity contribution in [2.75, 3.05) is 0 Å². The molecule has 0 heterocycles. The van der Waals surface area contributed by atoms with Crippen LogP contribution in [-0.4, -0.2) is 0 Å². The van der Waals surface area contributed by atoms with Crippen LogP contribution in [0.15, 0.2) is 13.2 Å². The second-order valence-corrected chi connectivity index (χ2v) is 0. The fourth-order valence-electron chi connectivity index (χ4n) is 0. The highest BCUT2D eigenvalue weighted by Crippen LogP contribution is 1.16. The first-order valence-corrected chi connectivity index (χ1v) is 9.50. The smallest absolute Gasteiger partial charge is 0.0683 e. The molecule has 0 aliphatic rings. The number of hydrogen-bond acceptors (Lipinski definition) is 0. The van der Waals surface area contributed by atoms with E-state index in [0.717, 1.165) is 0 Å². The van der Waals surface area contributed by atoms with Gasteiger partial charge in [-0.2, -0.15) is 0 Å². The van der Waals surface area contributed by atoms with Gasteiger partial charge in [-0.25, -0.2) is 0 Å². The van der Waals surface area contributed by atoms with Crippen LogP contribution in [0.3, 0.4) is 0 Å². The summed E-state index contributed by atoms with van der Waals surface area (Å²) in [7, 11) is 0. The molecule has 0 aliphatic heterocycles. The van der Waals surface area contributed by atoms with E-state index in [4.69, 9.17) is 0 Å². The number of hydrogen-bond donors (Lipinski definition) is 0. The summed E-state index contributed by atoms with van der Waals surface area (Å²) in [4.78, 5) is 0. The van der Waals surface area contributed by atoms with Crippen LogP contribution in [0.4, 0.5) is 0 Å². The minimum atomic E-state index is 2.00. The van der Waals surface area contributed by atoms with Crippen LogP contribution in [-0.2, 0) is 0 Å². The largest absolute Gasteiger partial charge is 0.106 e. The van der Waals surface area contributed by atoms with Gasteiger partial charge in [0, 0.05) is 0 Å². The van der Waals surface area contributed by atoms with E-state index in [1.165, 1.54) is 0 Å². The van der Waals surface area contributed by atoms with Crippen molar-refractivity contribution in [2.45, 2.75) is 125 Å². The first-order valence-electron chi connectivity index (χ1n) is 9.50. The van der Waals surface area contributed by atoms with Crippen LogP contribution in [0.5, 0.6) is 0 Å². The number of rotatable bonds is 0. The van der Waals surface area contributed by atoms with Gasteiger partial charge in [-0.15, -0.1) is 13.2 Å². The average Bonchev–Trinajstić information content (AvgIpc) is 2.71. The Balaban J connectivity index is -0.00000000694. The monoisotopic (exact) mass is 298 g/mol. The SMILES string of the molecule is C=C.CC.CC.CC.CC.CC.CC.CC.CC.CC. The van der Waals surface area contributed by atoms with Crippen molar-refractivity contribution >= 4 is 0 Å². The van der Waals surface area contributed by atoms with Gasteiger partial charge >= 0.3 is 0 Å². The van der Waals surface area contributed by atoms with Crippen molar-refractivity contribution < 1.29 is 0 Å². The second-order valence-electron chi connectivity index (χ2n) is 0. The van der Waals surface area contributed by atoms with Crippen molar-refractivity contribution in [1.29, 1.82) is 0 Å². The summed E-state index contributed by atoms with van der Waals surface area (Å²) in [6.07, 6.45) is 0. The van der Waals surface area contributed by atoms with E-state index in [-0.39, 0.29) is 0 Å². The molecule has 0 nitrogen and oxygen atoms in total. The summed E-state index contributed by atoms with van der Waals surface area (Å²) in [6.45, 7) is 42.0. The molecule has 0 fully saturated rings. The molecule has 0 amide bonds. The van der Waals surface area contributed by atoms with E-state index in [0.29, 0.717) is 0 Å². The molecule has 0 heteroatoms. The van der Waals surface area contributed by atoms with Gasteiger partial charge in [0.15, 0.2) is 0 Å². The molecule has 0 saturated carbocycles. The highest BCUT2D eigenvalue weighted by atomic mass is 13.0. The van der Waals surface area contributed by atoms with E-state index < -0.39 is 0 Å². The van der Waals surface area contributed by atoms with Crippen molar-refractivity contribution in [3.05, 3.63) is 13.2 Å². The molecule has 0 aromatic rings. The summed E-state index contributed by atoms with van der Waals surface area (Å²) in [5.41, 5.74) is 0. The van der Waals surface area contributed by atoms with E-state index in [9.17, 15) is 0 Å². The lowest BCUT2D eigenvalue weighted by Crippen LogP contribution is -0.856. The van der Waals surface area contributed by atoms with Crippen molar-refractivity contribution in [1.82, 2.24) is 0 Å². The van der Waals surface area contributed by atoms with Crippen LogP contribution in [0.1, 0.15) is 125 Å². The van der Waals surface area contributed by atoms with E-state index in [2.05, 4.69) is 13.2 Å². The van der Waals surface area contributed by atoms with Crippen molar-refractivity contribution in [3.8, 4) is 0 Å².